The van der Waals surface area contributed by atoms with Crippen LogP contribution in [-0.4, -0.2) is 41.8 Å². The Hall–Kier alpha value is -1.63. The Kier molecular flexibility index (Phi) is 5.49. The van der Waals surface area contributed by atoms with Crippen molar-refractivity contribution in [2.24, 2.45) is 5.41 Å². The molecule has 7 heteroatoms. The van der Waals surface area contributed by atoms with E-state index in [9.17, 15) is 19.5 Å². The second-order valence-corrected chi connectivity index (χ2v) is 5.43. The molecular formula is C12H22N2O5. The first-order chi connectivity index (χ1) is 8.41. The fourth-order valence-corrected chi connectivity index (χ4v) is 1.03. The third kappa shape index (κ3) is 5.25. The fourth-order valence-electron chi connectivity index (χ4n) is 1.03. The molecule has 0 aliphatic rings. The van der Waals surface area contributed by atoms with Crippen molar-refractivity contribution in [2.45, 2.75) is 46.4 Å². The molecule has 0 aliphatic heterocycles. The van der Waals surface area contributed by atoms with Crippen molar-refractivity contribution in [3.05, 3.63) is 0 Å². The minimum absolute atomic E-state index is 0.337. The van der Waals surface area contributed by atoms with Gasteiger partial charge >= 0.3 is 5.97 Å². The molecule has 0 aromatic heterocycles. The summed E-state index contributed by atoms with van der Waals surface area (Å²) in [5.41, 5.74) is -0.655. The minimum Gasteiger partial charge on any atom is -0.422 e. The number of carbonyl (C=O) groups excluding carboxylic acids is 3. The van der Waals surface area contributed by atoms with Crippen LogP contribution in [0.1, 0.15) is 34.6 Å². The van der Waals surface area contributed by atoms with Crippen molar-refractivity contribution in [1.82, 2.24) is 10.6 Å². The van der Waals surface area contributed by atoms with Crippen LogP contribution in [0.5, 0.6) is 0 Å². The van der Waals surface area contributed by atoms with E-state index in [0.717, 1.165) is 6.92 Å². The molecule has 0 aromatic carbocycles. The van der Waals surface area contributed by atoms with Crippen LogP contribution in [0.15, 0.2) is 0 Å². The summed E-state index contributed by atoms with van der Waals surface area (Å²) >= 11 is 0. The van der Waals surface area contributed by atoms with Crippen LogP contribution in [0.2, 0.25) is 0 Å². The summed E-state index contributed by atoms with van der Waals surface area (Å²) in [6.07, 6.45) is 0. The maximum absolute atomic E-state index is 11.7. The molecule has 110 valence electrons. The van der Waals surface area contributed by atoms with Crippen molar-refractivity contribution in [3.8, 4) is 0 Å². The van der Waals surface area contributed by atoms with E-state index in [0.29, 0.717) is 0 Å². The molecule has 2 atom stereocenters. The molecule has 0 radical (unpaired) electrons. The highest BCUT2D eigenvalue weighted by Gasteiger charge is 2.36. The molecular weight excluding hydrogens is 252 g/mol. The van der Waals surface area contributed by atoms with E-state index in [-0.39, 0.29) is 5.91 Å². The normalized spacial score (nSPS) is 15.9. The third-order valence-corrected chi connectivity index (χ3v) is 2.33. The number of aliphatic hydroxyl groups is 1. The van der Waals surface area contributed by atoms with Gasteiger partial charge in [-0.15, -0.1) is 0 Å². The lowest BCUT2D eigenvalue weighted by molar-refractivity contribution is -0.206. The SMILES string of the molecule is CNC(=O)C(C)(O)OC(=O)C(C)NC(=O)C(C)(C)C. The van der Waals surface area contributed by atoms with E-state index in [1.54, 1.807) is 20.8 Å². The number of likely N-dealkylation sites (N-methyl/N-ethyl adjacent to an activating group) is 1. The van der Waals surface area contributed by atoms with E-state index in [2.05, 4.69) is 15.4 Å². The largest absolute Gasteiger partial charge is 0.422 e. The van der Waals surface area contributed by atoms with Gasteiger partial charge in [0.25, 0.3) is 11.7 Å². The quantitative estimate of drug-likeness (QED) is 0.475. The lowest BCUT2D eigenvalue weighted by atomic mass is 9.95. The average Bonchev–Trinajstić information content (AvgIpc) is 2.25. The van der Waals surface area contributed by atoms with E-state index in [1.807, 2.05) is 0 Å². The first-order valence-corrected chi connectivity index (χ1v) is 5.90. The Bertz CT molecular complexity index is 371. The molecule has 2 unspecified atom stereocenters. The predicted octanol–water partition coefficient (Wildman–Crippen LogP) is -0.465. The van der Waals surface area contributed by atoms with E-state index in [4.69, 9.17) is 0 Å². The number of hydrogen-bond acceptors (Lipinski definition) is 5. The van der Waals surface area contributed by atoms with Crippen LogP contribution in [-0.2, 0) is 19.1 Å². The smallest absolute Gasteiger partial charge is 0.331 e. The number of esters is 1. The van der Waals surface area contributed by atoms with E-state index >= 15 is 0 Å². The van der Waals surface area contributed by atoms with Gasteiger partial charge in [-0.3, -0.25) is 9.59 Å². The van der Waals surface area contributed by atoms with Crippen LogP contribution in [0.4, 0.5) is 0 Å². The Balaban J connectivity index is 4.60. The Morgan fingerprint density at radius 3 is 1.95 bits per heavy atom. The van der Waals surface area contributed by atoms with Crippen LogP contribution < -0.4 is 10.6 Å². The lowest BCUT2D eigenvalue weighted by Crippen LogP contribution is -2.51. The van der Waals surface area contributed by atoms with Crippen molar-refractivity contribution < 1.29 is 24.2 Å². The molecule has 0 bridgehead atoms. The number of hydrogen-bond donors (Lipinski definition) is 3. The molecule has 0 saturated carbocycles. The van der Waals surface area contributed by atoms with Crippen LogP contribution in [0, 0.1) is 5.41 Å². The summed E-state index contributed by atoms with van der Waals surface area (Å²) in [4.78, 5) is 34.6. The maximum atomic E-state index is 11.7. The molecule has 7 nitrogen and oxygen atoms in total. The van der Waals surface area contributed by atoms with Gasteiger partial charge in [0.05, 0.1) is 0 Å². The average molecular weight is 274 g/mol. The summed E-state index contributed by atoms with van der Waals surface area (Å²) in [6, 6.07) is -0.970. The van der Waals surface area contributed by atoms with E-state index < -0.39 is 29.1 Å². The maximum Gasteiger partial charge on any atom is 0.331 e. The van der Waals surface area contributed by atoms with Crippen molar-refractivity contribution in [1.29, 1.82) is 0 Å². The van der Waals surface area contributed by atoms with Crippen LogP contribution >= 0.6 is 0 Å². The molecule has 0 rings (SSSR count). The Morgan fingerprint density at radius 1 is 1.11 bits per heavy atom. The van der Waals surface area contributed by atoms with Gasteiger partial charge < -0.3 is 20.5 Å². The molecule has 0 aromatic rings. The summed E-state index contributed by atoms with van der Waals surface area (Å²) in [6.45, 7) is 7.54. The first kappa shape index (κ1) is 17.4. The lowest BCUT2D eigenvalue weighted by Gasteiger charge is -2.25. The van der Waals surface area contributed by atoms with Gasteiger partial charge in [-0.05, 0) is 6.92 Å². The number of rotatable bonds is 4. The van der Waals surface area contributed by atoms with Gasteiger partial charge in [0.15, 0.2) is 0 Å². The standard InChI is InChI=1S/C12H22N2O5/c1-7(14-9(16)11(2,3)4)8(15)19-12(5,18)10(17)13-6/h7,18H,1-6H3,(H,13,17)(H,14,16). The number of amides is 2. The third-order valence-electron chi connectivity index (χ3n) is 2.33. The highest BCUT2D eigenvalue weighted by Crippen LogP contribution is 2.13. The van der Waals surface area contributed by atoms with Crippen LogP contribution in [0.3, 0.4) is 0 Å². The molecule has 0 fully saturated rings. The summed E-state index contributed by atoms with van der Waals surface area (Å²) < 4.78 is 4.66. The van der Waals surface area contributed by atoms with Gasteiger partial charge in [0.2, 0.25) is 5.91 Å². The Labute approximate surface area is 112 Å². The highest BCUT2D eigenvalue weighted by atomic mass is 16.7. The van der Waals surface area contributed by atoms with Crippen molar-refractivity contribution in [2.75, 3.05) is 7.05 Å². The van der Waals surface area contributed by atoms with Gasteiger partial charge in [0.1, 0.15) is 6.04 Å². The molecule has 0 aliphatic carbocycles. The zero-order valence-corrected chi connectivity index (χ0v) is 12.2. The predicted molar refractivity (Wildman–Crippen MR) is 67.8 cm³/mol. The number of nitrogens with one attached hydrogen (secondary N) is 2. The molecule has 2 amide bonds. The summed E-state index contributed by atoms with van der Waals surface area (Å²) in [7, 11) is 1.30. The summed E-state index contributed by atoms with van der Waals surface area (Å²) in [5.74, 6) is -4.36. The highest BCUT2D eigenvalue weighted by molar-refractivity contribution is 5.89. The fraction of sp³-hybridized carbons (Fsp3) is 0.750. The first-order valence-electron chi connectivity index (χ1n) is 5.90. The monoisotopic (exact) mass is 274 g/mol. The molecule has 0 spiro atoms. The van der Waals surface area contributed by atoms with Gasteiger partial charge in [0, 0.05) is 19.4 Å². The minimum atomic E-state index is -2.27. The zero-order chi connectivity index (χ0) is 15.4. The molecule has 0 heterocycles. The molecule has 19 heavy (non-hydrogen) atoms. The molecule has 0 saturated heterocycles. The Morgan fingerprint density at radius 2 is 1.58 bits per heavy atom. The van der Waals surface area contributed by atoms with Gasteiger partial charge in [-0.1, -0.05) is 20.8 Å². The van der Waals surface area contributed by atoms with Crippen LogP contribution in [0.25, 0.3) is 0 Å². The number of ether oxygens (including phenoxy) is 1. The van der Waals surface area contributed by atoms with Gasteiger partial charge in [-0.2, -0.15) is 0 Å². The topological polar surface area (TPSA) is 105 Å². The second kappa shape index (κ2) is 6.01. The van der Waals surface area contributed by atoms with Crippen molar-refractivity contribution >= 4 is 17.8 Å². The second-order valence-electron chi connectivity index (χ2n) is 5.43. The number of carbonyl (C=O) groups is 3. The van der Waals surface area contributed by atoms with E-state index in [1.165, 1.54) is 14.0 Å². The summed E-state index contributed by atoms with van der Waals surface area (Å²) in [5, 5.41) is 14.2. The van der Waals surface area contributed by atoms with Crippen molar-refractivity contribution in [3.63, 3.8) is 0 Å². The van der Waals surface area contributed by atoms with Gasteiger partial charge in [-0.25, -0.2) is 4.79 Å². The molecule has 3 N–H and O–H groups in total. The zero-order valence-electron chi connectivity index (χ0n) is 12.2.